The predicted octanol–water partition coefficient (Wildman–Crippen LogP) is 4.02. The van der Waals surface area contributed by atoms with Crippen molar-refractivity contribution in [3.8, 4) is 11.1 Å². The van der Waals surface area contributed by atoms with E-state index >= 15 is 0 Å². The Kier molecular flexibility index (Phi) is 7.25. The highest BCUT2D eigenvalue weighted by atomic mass is 32.2. The summed E-state index contributed by atoms with van der Waals surface area (Å²) in [4.78, 5) is 5.07. The van der Waals surface area contributed by atoms with Gasteiger partial charge in [0.1, 0.15) is 0 Å². The van der Waals surface area contributed by atoms with Gasteiger partial charge in [-0.3, -0.25) is 0 Å². The van der Waals surface area contributed by atoms with Crippen molar-refractivity contribution >= 4 is 15.7 Å². The number of nitrogens with zero attached hydrogens (tertiary/aromatic N) is 2. The van der Waals surface area contributed by atoms with Gasteiger partial charge in [-0.05, 0) is 60.8 Å². The van der Waals surface area contributed by atoms with Crippen LogP contribution in [0.25, 0.3) is 11.1 Å². The SMILES string of the molecule is CN1CCN(c2ccc(CCCNS(=O)(=O)c3ccc(-c4ccccc4)cc3)cc2)CC1. The van der Waals surface area contributed by atoms with Gasteiger partial charge in [-0.2, -0.15) is 0 Å². The van der Waals surface area contributed by atoms with Crippen LogP contribution >= 0.6 is 0 Å². The number of likely N-dealkylation sites (N-methyl/N-ethyl adjacent to an activating group) is 1. The van der Waals surface area contributed by atoms with Gasteiger partial charge in [0.15, 0.2) is 0 Å². The van der Waals surface area contributed by atoms with Gasteiger partial charge >= 0.3 is 0 Å². The molecule has 0 aromatic heterocycles. The molecule has 3 aromatic carbocycles. The summed E-state index contributed by atoms with van der Waals surface area (Å²) in [6, 6.07) is 25.7. The zero-order valence-electron chi connectivity index (χ0n) is 18.6. The molecular weight excluding hydrogens is 418 g/mol. The van der Waals surface area contributed by atoms with Gasteiger partial charge in [-0.15, -0.1) is 0 Å². The molecular formula is C26H31N3O2S. The maximum Gasteiger partial charge on any atom is 0.240 e. The Morgan fingerprint density at radius 3 is 2.06 bits per heavy atom. The van der Waals surface area contributed by atoms with Gasteiger partial charge in [0.05, 0.1) is 4.90 Å². The number of hydrogen-bond donors (Lipinski definition) is 1. The summed E-state index contributed by atoms with van der Waals surface area (Å²) in [5.41, 5.74) is 4.57. The van der Waals surface area contributed by atoms with Crippen LogP contribution in [0.2, 0.25) is 0 Å². The molecule has 0 saturated carbocycles. The predicted molar refractivity (Wildman–Crippen MR) is 132 cm³/mol. The molecule has 1 aliphatic heterocycles. The van der Waals surface area contributed by atoms with E-state index in [4.69, 9.17) is 0 Å². The molecule has 0 bridgehead atoms. The summed E-state index contributed by atoms with van der Waals surface area (Å²) < 4.78 is 28.0. The van der Waals surface area contributed by atoms with Crippen molar-refractivity contribution in [1.29, 1.82) is 0 Å². The van der Waals surface area contributed by atoms with Crippen LogP contribution in [-0.4, -0.2) is 53.1 Å². The van der Waals surface area contributed by atoms with Gasteiger partial charge in [0, 0.05) is 38.4 Å². The molecule has 6 heteroatoms. The third kappa shape index (κ3) is 5.76. The molecule has 1 fully saturated rings. The van der Waals surface area contributed by atoms with Crippen LogP contribution in [0.1, 0.15) is 12.0 Å². The minimum absolute atomic E-state index is 0.300. The van der Waals surface area contributed by atoms with Crippen LogP contribution in [0.5, 0.6) is 0 Å². The number of aryl methyl sites for hydroxylation is 1. The Bertz CT molecular complexity index is 1090. The van der Waals surface area contributed by atoms with Gasteiger partial charge in [-0.1, -0.05) is 54.6 Å². The maximum absolute atomic E-state index is 12.6. The monoisotopic (exact) mass is 449 g/mol. The second-order valence-electron chi connectivity index (χ2n) is 8.35. The third-order valence-corrected chi connectivity index (χ3v) is 7.49. The molecule has 0 atom stereocenters. The van der Waals surface area contributed by atoms with Crippen molar-refractivity contribution in [2.75, 3.05) is 44.7 Å². The maximum atomic E-state index is 12.6. The number of piperazine rings is 1. The lowest BCUT2D eigenvalue weighted by Crippen LogP contribution is -2.44. The molecule has 1 saturated heterocycles. The Morgan fingerprint density at radius 1 is 0.781 bits per heavy atom. The Labute approximate surface area is 191 Å². The van der Waals surface area contributed by atoms with E-state index in [2.05, 4.69) is 45.8 Å². The molecule has 3 aromatic rings. The molecule has 0 amide bonds. The first-order chi connectivity index (χ1) is 15.5. The number of sulfonamides is 1. The van der Waals surface area contributed by atoms with E-state index in [0.29, 0.717) is 11.4 Å². The summed E-state index contributed by atoms with van der Waals surface area (Å²) >= 11 is 0. The van der Waals surface area contributed by atoms with Gasteiger partial charge in [0.25, 0.3) is 0 Å². The van der Waals surface area contributed by atoms with E-state index in [1.54, 1.807) is 12.1 Å². The van der Waals surface area contributed by atoms with Gasteiger partial charge in [0.2, 0.25) is 10.0 Å². The number of hydrogen-bond acceptors (Lipinski definition) is 4. The van der Waals surface area contributed by atoms with E-state index in [9.17, 15) is 8.42 Å². The highest BCUT2D eigenvalue weighted by Gasteiger charge is 2.15. The average molecular weight is 450 g/mol. The fraction of sp³-hybridized carbons (Fsp3) is 0.308. The Morgan fingerprint density at radius 2 is 1.41 bits per heavy atom. The van der Waals surface area contributed by atoms with Crippen LogP contribution in [0.4, 0.5) is 5.69 Å². The van der Waals surface area contributed by atoms with Crippen LogP contribution in [0.15, 0.2) is 83.8 Å². The summed E-state index contributed by atoms with van der Waals surface area (Å²) in [6.07, 6.45) is 1.60. The highest BCUT2D eigenvalue weighted by molar-refractivity contribution is 7.89. The molecule has 1 heterocycles. The first-order valence-electron chi connectivity index (χ1n) is 11.2. The summed E-state index contributed by atoms with van der Waals surface area (Å²) in [5, 5.41) is 0. The number of anilines is 1. The quantitative estimate of drug-likeness (QED) is 0.528. The Hall–Kier alpha value is -2.67. The fourth-order valence-electron chi connectivity index (χ4n) is 3.98. The molecule has 0 spiro atoms. The van der Waals surface area contributed by atoms with Crippen LogP contribution in [-0.2, 0) is 16.4 Å². The molecule has 1 aliphatic rings. The molecule has 4 rings (SSSR count). The largest absolute Gasteiger partial charge is 0.369 e. The van der Waals surface area contributed by atoms with E-state index in [0.717, 1.165) is 50.1 Å². The van der Waals surface area contributed by atoms with Crippen molar-refractivity contribution in [3.05, 3.63) is 84.4 Å². The van der Waals surface area contributed by atoms with E-state index in [1.165, 1.54) is 11.3 Å². The standard InChI is InChI=1S/C26H31N3O2S/c1-28-18-20-29(21-19-28)25-13-9-22(10-14-25)6-5-17-27-32(30,31)26-15-11-24(12-16-26)23-7-3-2-4-8-23/h2-4,7-16,27H,5-6,17-21H2,1H3. The average Bonchev–Trinajstić information content (AvgIpc) is 2.83. The zero-order chi connectivity index (χ0) is 22.4. The minimum atomic E-state index is -3.50. The van der Waals surface area contributed by atoms with Crippen LogP contribution in [0, 0.1) is 0 Å². The second kappa shape index (κ2) is 10.3. The highest BCUT2D eigenvalue weighted by Crippen LogP contribution is 2.21. The first-order valence-corrected chi connectivity index (χ1v) is 12.7. The minimum Gasteiger partial charge on any atom is -0.369 e. The molecule has 5 nitrogen and oxygen atoms in total. The molecule has 0 radical (unpaired) electrons. The topological polar surface area (TPSA) is 52.6 Å². The van der Waals surface area contributed by atoms with Crippen molar-refractivity contribution in [3.63, 3.8) is 0 Å². The van der Waals surface area contributed by atoms with Crippen LogP contribution < -0.4 is 9.62 Å². The number of nitrogens with one attached hydrogen (secondary N) is 1. The summed E-state index contributed by atoms with van der Waals surface area (Å²) in [6.45, 7) is 4.73. The third-order valence-electron chi connectivity index (χ3n) is 6.01. The second-order valence-corrected chi connectivity index (χ2v) is 10.1. The zero-order valence-corrected chi connectivity index (χ0v) is 19.4. The van der Waals surface area contributed by atoms with Crippen LogP contribution in [0.3, 0.4) is 0 Å². The summed E-state index contributed by atoms with van der Waals surface area (Å²) in [7, 11) is -1.34. The first kappa shape index (κ1) is 22.5. The van der Waals surface area contributed by atoms with Crippen molar-refractivity contribution in [1.82, 2.24) is 9.62 Å². The Balaban J connectivity index is 1.26. The smallest absolute Gasteiger partial charge is 0.240 e. The van der Waals surface area contributed by atoms with Gasteiger partial charge in [-0.25, -0.2) is 13.1 Å². The molecule has 32 heavy (non-hydrogen) atoms. The lowest BCUT2D eigenvalue weighted by Gasteiger charge is -2.34. The summed E-state index contributed by atoms with van der Waals surface area (Å²) in [5.74, 6) is 0. The van der Waals surface area contributed by atoms with E-state index in [-0.39, 0.29) is 0 Å². The van der Waals surface area contributed by atoms with E-state index < -0.39 is 10.0 Å². The van der Waals surface area contributed by atoms with Crippen molar-refractivity contribution in [2.24, 2.45) is 0 Å². The molecule has 0 aliphatic carbocycles. The van der Waals surface area contributed by atoms with Gasteiger partial charge < -0.3 is 9.80 Å². The molecule has 1 N–H and O–H groups in total. The lowest BCUT2D eigenvalue weighted by atomic mass is 10.1. The van der Waals surface area contributed by atoms with Crippen molar-refractivity contribution in [2.45, 2.75) is 17.7 Å². The molecule has 168 valence electrons. The van der Waals surface area contributed by atoms with Crippen molar-refractivity contribution < 1.29 is 8.42 Å². The van der Waals surface area contributed by atoms with E-state index in [1.807, 2.05) is 42.5 Å². The normalized spacial score (nSPS) is 15.1. The number of rotatable bonds is 8. The molecule has 0 unspecified atom stereocenters. The fourth-order valence-corrected chi connectivity index (χ4v) is 5.05. The lowest BCUT2D eigenvalue weighted by molar-refractivity contribution is 0.313. The number of benzene rings is 3.